The van der Waals surface area contributed by atoms with Crippen molar-refractivity contribution in [2.24, 2.45) is 4.99 Å². The molecule has 1 N–H and O–H groups in total. The maximum absolute atomic E-state index is 12.9. The van der Waals surface area contributed by atoms with E-state index in [1.807, 2.05) is 41.4 Å². The van der Waals surface area contributed by atoms with Crippen molar-refractivity contribution in [1.82, 2.24) is 15.3 Å². The highest BCUT2D eigenvalue weighted by atomic mass is 16.5. The molecule has 3 aliphatic rings. The van der Waals surface area contributed by atoms with Gasteiger partial charge in [-0.1, -0.05) is 12.1 Å². The van der Waals surface area contributed by atoms with E-state index >= 15 is 0 Å². The zero-order valence-electron chi connectivity index (χ0n) is 22.5. The van der Waals surface area contributed by atoms with Crippen LogP contribution in [0.3, 0.4) is 0 Å². The Morgan fingerprint density at radius 2 is 1.66 bits per heavy atom. The summed E-state index contributed by atoms with van der Waals surface area (Å²) in [6.07, 6.45) is 2.20. The van der Waals surface area contributed by atoms with Crippen molar-refractivity contribution < 1.29 is 23.8 Å². The number of hydrazine groups is 1. The van der Waals surface area contributed by atoms with Crippen molar-refractivity contribution in [3.8, 4) is 11.5 Å². The molecule has 2 fully saturated rings. The quantitative estimate of drug-likeness (QED) is 0.586. The lowest BCUT2D eigenvalue weighted by atomic mass is 9.74. The summed E-state index contributed by atoms with van der Waals surface area (Å²) in [6, 6.07) is 11.7. The van der Waals surface area contributed by atoms with Gasteiger partial charge in [0.05, 0.1) is 26.0 Å². The second-order valence-electron chi connectivity index (χ2n) is 10.3. The van der Waals surface area contributed by atoms with Crippen molar-refractivity contribution in [3.63, 3.8) is 0 Å². The maximum atomic E-state index is 12.9. The minimum Gasteiger partial charge on any atom is -0.493 e. The fourth-order valence-electron chi connectivity index (χ4n) is 5.72. The molecule has 2 heterocycles. The molecule has 1 amide bonds. The van der Waals surface area contributed by atoms with Crippen LogP contribution >= 0.6 is 0 Å². The van der Waals surface area contributed by atoms with E-state index in [-0.39, 0.29) is 29.9 Å². The van der Waals surface area contributed by atoms with Crippen molar-refractivity contribution in [3.05, 3.63) is 58.7 Å². The number of likely N-dealkylation sites (N-methyl/N-ethyl adjacent to an activating group) is 1. The van der Waals surface area contributed by atoms with Crippen LogP contribution in [0.5, 0.6) is 11.5 Å². The smallest absolute Gasteiger partial charge is 0.302 e. The molecule has 202 valence electrons. The zero-order chi connectivity index (χ0) is 26.8. The summed E-state index contributed by atoms with van der Waals surface area (Å²) in [5.41, 5.74) is 7.54. The van der Waals surface area contributed by atoms with E-state index in [2.05, 4.69) is 17.4 Å². The number of carbonyl (C=O) groups excluding carboxylic acids is 2. The van der Waals surface area contributed by atoms with E-state index in [0.717, 1.165) is 67.8 Å². The Morgan fingerprint density at radius 1 is 0.974 bits per heavy atom. The number of nitrogens with zero attached hydrogens (tertiary/aromatic N) is 3. The van der Waals surface area contributed by atoms with Crippen LogP contribution in [0, 0.1) is 0 Å². The predicted molar refractivity (Wildman–Crippen MR) is 144 cm³/mol. The minimum absolute atomic E-state index is 0.0719. The second kappa shape index (κ2) is 11.1. The molecule has 9 heteroatoms. The van der Waals surface area contributed by atoms with E-state index < -0.39 is 0 Å². The van der Waals surface area contributed by atoms with Gasteiger partial charge in [0.2, 0.25) is 0 Å². The highest BCUT2D eigenvalue weighted by Gasteiger charge is 2.38. The van der Waals surface area contributed by atoms with Crippen LogP contribution in [-0.2, 0) is 9.53 Å². The molecule has 0 aromatic heterocycles. The highest BCUT2D eigenvalue weighted by Crippen LogP contribution is 2.45. The summed E-state index contributed by atoms with van der Waals surface area (Å²) in [6.45, 7) is 4.92. The van der Waals surface area contributed by atoms with E-state index in [4.69, 9.17) is 19.2 Å². The Balaban J connectivity index is 1.43. The third-order valence-electron chi connectivity index (χ3n) is 7.79. The van der Waals surface area contributed by atoms with Gasteiger partial charge in [0.1, 0.15) is 6.10 Å². The standard InChI is InChI=1S/C29H36N4O5/c1-18(34)38-21-9-10-25-23(15-21)22-16-26(36-3)27(37-4)17-24(22)28(30-25)19-5-7-20(8-6-19)29(35)31-33-13-11-32(2)12-14-33/h5-8,16-17,21,23,25H,9-15H2,1-4H3,(H,31,35). The molecule has 3 unspecified atom stereocenters. The Morgan fingerprint density at radius 3 is 2.32 bits per heavy atom. The molecule has 0 spiro atoms. The van der Waals surface area contributed by atoms with Crippen LogP contribution in [0.2, 0.25) is 0 Å². The van der Waals surface area contributed by atoms with E-state index in [1.54, 1.807) is 14.2 Å². The molecule has 2 aromatic carbocycles. The number of methoxy groups -OCH3 is 2. The molecule has 1 saturated heterocycles. The third-order valence-corrected chi connectivity index (χ3v) is 7.79. The summed E-state index contributed by atoms with van der Waals surface area (Å²) in [5, 5.41) is 1.98. The van der Waals surface area contributed by atoms with Crippen molar-refractivity contribution in [2.45, 2.75) is 44.2 Å². The number of hydrogen-bond acceptors (Lipinski definition) is 8. The van der Waals surface area contributed by atoms with Crippen molar-refractivity contribution in [2.75, 3.05) is 47.4 Å². The molecule has 0 radical (unpaired) electrons. The van der Waals surface area contributed by atoms with Crippen LogP contribution in [0.15, 0.2) is 41.4 Å². The topological polar surface area (TPSA) is 92.7 Å². The van der Waals surface area contributed by atoms with Crippen molar-refractivity contribution >= 4 is 17.6 Å². The molecule has 2 aromatic rings. The number of aliphatic imine (C=N–C) groups is 1. The summed E-state index contributed by atoms with van der Waals surface area (Å²) in [7, 11) is 5.34. The lowest BCUT2D eigenvalue weighted by molar-refractivity contribution is -0.148. The van der Waals surface area contributed by atoms with Gasteiger partial charge in [-0.05, 0) is 56.1 Å². The number of benzene rings is 2. The van der Waals surface area contributed by atoms with Gasteiger partial charge >= 0.3 is 5.97 Å². The van der Waals surface area contributed by atoms with Gasteiger partial charge in [-0.25, -0.2) is 5.01 Å². The third kappa shape index (κ3) is 5.39. The lowest BCUT2D eigenvalue weighted by Crippen LogP contribution is -2.52. The SMILES string of the molecule is COc1cc2c(cc1OC)C1CC(OC(C)=O)CCC1N=C2c1ccc(C(=O)NN2CCN(C)CC2)cc1. The number of amides is 1. The first-order valence-electron chi connectivity index (χ1n) is 13.2. The van der Waals surface area contributed by atoms with Crippen LogP contribution < -0.4 is 14.9 Å². The van der Waals surface area contributed by atoms with E-state index in [1.165, 1.54) is 6.92 Å². The molecule has 1 aliphatic carbocycles. The van der Waals surface area contributed by atoms with Gasteiger partial charge in [-0.2, -0.15) is 0 Å². The number of hydrogen-bond donors (Lipinski definition) is 1. The average molecular weight is 521 g/mol. The first-order chi connectivity index (χ1) is 18.4. The molecule has 2 aliphatic heterocycles. The number of nitrogens with one attached hydrogen (secondary N) is 1. The van der Waals surface area contributed by atoms with Gasteiger partial charge in [0.15, 0.2) is 11.5 Å². The summed E-state index contributed by atoms with van der Waals surface area (Å²) >= 11 is 0. The van der Waals surface area contributed by atoms with Crippen molar-refractivity contribution in [1.29, 1.82) is 0 Å². The molecular formula is C29H36N4O5. The van der Waals surface area contributed by atoms with Gasteiger partial charge < -0.3 is 19.1 Å². The van der Waals surface area contributed by atoms with Crippen LogP contribution in [0.25, 0.3) is 0 Å². The van der Waals surface area contributed by atoms with Gasteiger partial charge in [0, 0.05) is 55.7 Å². The summed E-state index contributed by atoms with van der Waals surface area (Å²) in [5.74, 6) is 1.05. The average Bonchev–Trinajstić information content (AvgIpc) is 2.93. The molecule has 0 bridgehead atoms. The van der Waals surface area contributed by atoms with Gasteiger partial charge in [0.25, 0.3) is 5.91 Å². The monoisotopic (exact) mass is 520 g/mol. The summed E-state index contributed by atoms with van der Waals surface area (Å²) < 4.78 is 16.8. The lowest BCUT2D eigenvalue weighted by Gasteiger charge is -2.38. The Hall–Kier alpha value is -3.43. The van der Waals surface area contributed by atoms with Crippen LogP contribution in [-0.4, -0.2) is 87.1 Å². The van der Waals surface area contributed by atoms with Gasteiger partial charge in [-0.15, -0.1) is 0 Å². The normalized spacial score (nSPS) is 23.5. The van der Waals surface area contributed by atoms with Crippen LogP contribution in [0.1, 0.15) is 59.2 Å². The highest BCUT2D eigenvalue weighted by molar-refractivity contribution is 6.15. The molecule has 38 heavy (non-hydrogen) atoms. The molecule has 5 rings (SSSR count). The Bertz CT molecular complexity index is 1220. The Labute approximate surface area is 223 Å². The second-order valence-corrected chi connectivity index (χ2v) is 10.3. The molecule has 1 saturated carbocycles. The van der Waals surface area contributed by atoms with Gasteiger partial charge in [-0.3, -0.25) is 20.0 Å². The fourth-order valence-corrected chi connectivity index (χ4v) is 5.72. The van der Waals surface area contributed by atoms with E-state index in [0.29, 0.717) is 17.1 Å². The fraction of sp³-hybridized carbons (Fsp3) is 0.483. The number of carbonyl (C=O) groups is 2. The first-order valence-corrected chi connectivity index (χ1v) is 13.2. The molecule has 3 atom stereocenters. The molecular weight excluding hydrogens is 484 g/mol. The minimum atomic E-state index is -0.252. The number of ether oxygens (including phenoxy) is 3. The predicted octanol–water partition coefficient (Wildman–Crippen LogP) is 3.01. The number of fused-ring (bicyclic) bond motifs is 3. The maximum Gasteiger partial charge on any atom is 0.302 e. The number of piperazine rings is 1. The van der Waals surface area contributed by atoms with Crippen LogP contribution in [0.4, 0.5) is 0 Å². The summed E-state index contributed by atoms with van der Waals surface area (Å²) in [4.78, 5) is 31.9. The number of rotatable bonds is 6. The first kappa shape index (κ1) is 26.2. The Kier molecular flexibility index (Phi) is 7.67. The zero-order valence-corrected chi connectivity index (χ0v) is 22.5. The molecule has 9 nitrogen and oxygen atoms in total. The van der Waals surface area contributed by atoms with E-state index in [9.17, 15) is 9.59 Å². The number of esters is 1. The largest absolute Gasteiger partial charge is 0.493 e.